The van der Waals surface area contributed by atoms with Crippen LogP contribution in [0.15, 0.2) is 29.3 Å². The predicted octanol–water partition coefficient (Wildman–Crippen LogP) is 3.26. The highest BCUT2D eigenvalue weighted by Crippen LogP contribution is 2.20. The van der Waals surface area contributed by atoms with Gasteiger partial charge in [-0.3, -0.25) is 9.89 Å². The second kappa shape index (κ2) is 14.3. The number of rotatable bonds is 12. The SMILES string of the molecule is CCCC(CCO)CN=C(NCC)NCC1CCN(Cc2ccc(OC)cc2)CC1. The van der Waals surface area contributed by atoms with Crippen LogP contribution >= 0.6 is 0 Å². The number of aliphatic imine (C=N–C) groups is 1. The van der Waals surface area contributed by atoms with Crippen LogP contribution in [0.5, 0.6) is 5.75 Å². The summed E-state index contributed by atoms with van der Waals surface area (Å²) in [6.45, 7) is 10.5. The smallest absolute Gasteiger partial charge is 0.191 e. The molecule has 1 aromatic carbocycles. The van der Waals surface area contributed by atoms with Gasteiger partial charge >= 0.3 is 0 Å². The van der Waals surface area contributed by atoms with Crippen molar-refractivity contribution in [2.75, 3.05) is 46.4 Å². The molecule has 170 valence electrons. The topological polar surface area (TPSA) is 69.1 Å². The van der Waals surface area contributed by atoms with Crippen molar-refractivity contribution in [1.29, 1.82) is 0 Å². The monoisotopic (exact) mass is 418 g/mol. The number of nitrogens with one attached hydrogen (secondary N) is 2. The van der Waals surface area contributed by atoms with Gasteiger partial charge in [0.15, 0.2) is 5.96 Å². The summed E-state index contributed by atoms with van der Waals surface area (Å²) in [5.74, 6) is 2.98. The van der Waals surface area contributed by atoms with Gasteiger partial charge in [-0.25, -0.2) is 0 Å². The number of guanidine groups is 1. The molecule has 1 aliphatic rings. The molecule has 1 unspecified atom stereocenters. The minimum atomic E-state index is 0.249. The van der Waals surface area contributed by atoms with Crippen molar-refractivity contribution in [3.8, 4) is 5.75 Å². The molecule has 0 spiro atoms. The summed E-state index contributed by atoms with van der Waals surface area (Å²) < 4.78 is 5.24. The van der Waals surface area contributed by atoms with Crippen LogP contribution in [0.1, 0.15) is 51.5 Å². The van der Waals surface area contributed by atoms with E-state index in [0.717, 1.165) is 70.2 Å². The number of nitrogens with zero attached hydrogens (tertiary/aromatic N) is 2. The fourth-order valence-electron chi connectivity index (χ4n) is 4.06. The zero-order valence-corrected chi connectivity index (χ0v) is 19.2. The summed E-state index contributed by atoms with van der Waals surface area (Å²) in [6.07, 6.45) is 5.52. The summed E-state index contributed by atoms with van der Waals surface area (Å²) in [6, 6.07) is 8.40. The van der Waals surface area contributed by atoms with Crippen molar-refractivity contribution < 1.29 is 9.84 Å². The maximum Gasteiger partial charge on any atom is 0.191 e. The number of aliphatic hydroxyl groups excluding tert-OH is 1. The van der Waals surface area contributed by atoms with Gasteiger partial charge in [0.05, 0.1) is 7.11 Å². The van der Waals surface area contributed by atoms with E-state index in [0.29, 0.717) is 11.8 Å². The Kier molecular flexibility index (Phi) is 11.6. The molecular formula is C24H42N4O2. The highest BCUT2D eigenvalue weighted by molar-refractivity contribution is 5.79. The third kappa shape index (κ3) is 8.92. The van der Waals surface area contributed by atoms with Gasteiger partial charge in [0, 0.05) is 32.8 Å². The lowest BCUT2D eigenvalue weighted by molar-refractivity contribution is 0.178. The van der Waals surface area contributed by atoms with Gasteiger partial charge in [-0.2, -0.15) is 0 Å². The Bertz CT molecular complexity index is 592. The van der Waals surface area contributed by atoms with Crippen molar-refractivity contribution >= 4 is 5.96 Å². The van der Waals surface area contributed by atoms with E-state index in [1.165, 1.54) is 18.4 Å². The van der Waals surface area contributed by atoms with Gasteiger partial charge < -0.3 is 20.5 Å². The van der Waals surface area contributed by atoms with Gasteiger partial charge in [-0.15, -0.1) is 0 Å². The first-order chi connectivity index (χ1) is 14.7. The molecule has 0 radical (unpaired) electrons. The van der Waals surface area contributed by atoms with Crippen LogP contribution in [0.2, 0.25) is 0 Å². The van der Waals surface area contributed by atoms with Gasteiger partial charge in [-0.05, 0) is 75.2 Å². The Hall–Kier alpha value is -1.79. The second-order valence-electron chi connectivity index (χ2n) is 8.34. The van der Waals surface area contributed by atoms with E-state index in [-0.39, 0.29) is 6.61 Å². The number of aliphatic hydroxyl groups is 1. The normalized spacial score (nSPS) is 17.0. The van der Waals surface area contributed by atoms with E-state index in [9.17, 15) is 5.11 Å². The minimum absolute atomic E-state index is 0.249. The minimum Gasteiger partial charge on any atom is -0.497 e. The molecule has 0 aromatic heterocycles. The van der Waals surface area contributed by atoms with E-state index in [2.05, 4.69) is 41.5 Å². The summed E-state index contributed by atoms with van der Waals surface area (Å²) in [5, 5.41) is 16.2. The molecule has 1 aromatic rings. The van der Waals surface area contributed by atoms with Crippen LogP contribution in [0.3, 0.4) is 0 Å². The molecule has 2 rings (SSSR count). The first kappa shape index (κ1) is 24.5. The van der Waals surface area contributed by atoms with Gasteiger partial charge in [0.1, 0.15) is 5.75 Å². The predicted molar refractivity (Wildman–Crippen MR) is 125 cm³/mol. The second-order valence-corrected chi connectivity index (χ2v) is 8.34. The number of ether oxygens (including phenoxy) is 1. The first-order valence-corrected chi connectivity index (χ1v) is 11.7. The van der Waals surface area contributed by atoms with Gasteiger partial charge in [0.25, 0.3) is 0 Å². The molecule has 0 saturated carbocycles. The van der Waals surface area contributed by atoms with E-state index >= 15 is 0 Å². The number of hydrogen-bond acceptors (Lipinski definition) is 4. The maximum absolute atomic E-state index is 9.25. The van der Waals surface area contributed by atoms with E-state index < -0.39 is 0 Å². The number of likely N-dealkylation sites (tertiary alicyclic amines) is 1. The molecule has 0 amide bonds. The molecular weight excluding hydrogens is 376 g/mol. The lowest BCUT2D eigenvalue weighted by Gasteiger charge is -2.32. The van der Waals surface area contributed by atoms with Crippen molar-refractivity contribution in [1.82, 2.24) is 15.5 Å². The van der Waals surface area contributed by atoms with Gasteiger partial charge in [-0.1, -0.05) is 25.5 Å². The summed E-state index contributed by atoms with van der Waals surface area (Å²) in [5.41, 5.74) is 1.35. The Morgan fingerprint density at radius 2 is 1.90 bits per heavy atom. The maximum atomic E-state index is 9.25. The van der Waals surface area contributed by atoms with Crippen LogP contribution in [-0.4, -0.2) is 62.4 Å². The van der Waals surface area contributed by atoms with Crippen molar-refractivity contribution in [2.45, 2.75) is 52.5 Å². The van der Waals surface area contributed by atoms with Crippen LogP contribution < -0.4 is 15.4 Å². The van der Waals surface area contributed by atoms with Crippen molar-refractivity contribution in [3.63, 3.8) is 0 Å². The molecule has 3 N–H and O–H groups in total. The zero-order chi connectivity index (χ0) is 21.6. The fraction of sp³-hybridized carbons (Fsp3) is 0.708. The van der Waals surface area contributed by atoms with Crippen LogP contribution in [0, 0.1) is 11.8 Å². The van der Waals surface area contributed by atoms with Crippen LogP contribution in [0.4, 0.5) is 0 Å². The molecule has 1 atom stereocenters. The quantitative estimate of drug-likeness (QED) is 0.359. The highest BCUT2D eigenvalue weighted by Gasteiger charge is 2.19. The average Bonchev–Trinajstić information content (AvgIpc) is 2.77. The largest absolute Gasteiger partial charge is 0.497 e. The molecule has 1 aliphatic heterocycles. The van der Waals surface area contributed by atoms with Crippen LogP contribution in [-0.2, 0) is 6.54 Å². The lowest BCUT2D eigenvalue weighted by atomic mass is 9.96. The molecule has 6 heteroatoms. The molecule has 6 nitrogen and oxygen atoms in total. The molecule has 1 heterocycles. The van der Waals surface area contributed by atoms with Gasteiger partial charge in [0.2, 0.25) is 0 Å². The Morgan fingerprint density at radius 1 is 1.17 bits per heavy atom. The number of methoxy groups -OCH3 is 1. The molecule has 0 bridgehead atoms. The number of benzene rings is 1. The molecule has 0 aliphatic carbocycles. The third-order valence-electron chi connectivity index (χ3n) is 5.92. The Morgan fingerprint density at radius 3 is 2.50 bits per heavy atom. The van der Waals surface area contributed by atoms with E-state index in [4.69, 9.17) is 9.73 Å². The van der Waals surface area contributed by atoms with Crippen LogP contribution in [0.25, 0.3) is 0 Å². The average molecular weight is 419 g/mol. The molecule has 30 heavy (non-hydrogen) atoms. The highest BCUT2D eigenvalue weighted by atomic mass is 16.5. The number of piperidine rings is 1. The number of hydrogen-bond donors (Lipinski definition) is 3. The Balaban J connectivity index is 1.74. The summed E-state index contributed by atoms with van der Waals surface area (Å²) >= 11 is 0. The summed E-state index contributed by atoms with van der Waals surface area (Å²) in [4.78, 5) is 7.33. The van der Waals surface area contributed by atoms with Crippen molar-refractivity contribution in [2.24, 2.45) is 16.8 Å². The first-order valence-electron chi connectivity index (χ1n) is 11.7. The Labute approximate surface area is 183 Å². The van der Waals surface area contributed by atoms with Crippen molar-refractivity contribution in [3.05, 3.63) is 29.8 Å². The molecule has 1 saturated heterocycles. The summed E-state index contributed by atoms with van der Waals surface area (Å²) in [7, 11) is 1.71. The standard InChI is InChI=1S/C24H42N4O2/c1-4-6-20(13-16-29)17-26-24(25-5-2)27-18-21-11-14-28(15-12-21)19-22-7-9-23(30-3)10-8-22/h7-10,20-21,29H,4-6,11-19H2,1-3H3,(H2,25,26,27). The fourth-order valence-corrected chi connectivity index (χ4v) is 4.06. The molecule has 1 fully saturated rings. The third-order valence-corrected chi connectivity index (χ3v) is 5.92. The lowest BCUT2D eigenvalue weighted by Crippen LogP contribution is -2.43. The van der Waals surface area contributed by atoms with E-state index in [1.807, 2.05) is 12.1 Å². The zero-order valence-electron chi connectivity index (χ0n) is 19.2. The van der Waals surface area contributed by atoms with E-state index in [1.54, 1.807) is 7.11 Å².